The van der Waals surface area contributed by atoms with Gasteiger partial charge in [-0.2, -0.15) is 0 Å². The Morgan fingerprint density at radius 2 is 2.23 bits per heavy atom. The van der Waals surface area contributed by atoms with E-state index in [9.17, 15) is 9.59 Å². The first-order valence-corrected chi connectivity index (χ1v) is 4.56. The van der Waals surface area contributed by atoms with E-state index in [0.717, 1.165) is 0 Å². The highest BCUT2D eigenvalue weighted by molar-refractivity contribution is 9.09. The average molecular weight is 251 g/mol. The Bertz CT molecular complexity index is 350. The number of carbonyl (C=O) groups excluding carboxylic acids is 1. The van der Waals surface area contributed by atoms with Crippen molar-refractivity contribution in [2.24, 2.45) is 0 Å². The first-order valence-electron chi connectivity index (χ1n) is 3.44. The zero-order chi connectivity index (χ0) is 9.84. The van der Waals surface area contributed by atoms with Gasteiger partial charge in [0.2, 0.25) is 0 Å². The summed E-state index contributed by atoms with van der Waals surface area (Å²) in [5.74, 6) is -0.655. The third kappa shape index (κ3) is 2.73. The molecule has 1 aromatic heterocycles. The van der Waals surface area contributed by atoms with Gasteiger partial charge in [0.25, 0.3) is 0 Å². The van der Waals surface area contributed by atoms with Gasteiger partial charge in [-0.15, -0.1) is 0 Å². The van der Waals surface area contributed by atoms with E-state index < -0.39 is 11.8 Å². The Morgan fingerprint density at radius 3 is 2.69 bits per heavy atom. The Balaban J connectivity index is 2.59. The number of rotatable bonds is 3. The number of hydrogen-bond acceptors (Lipinski definition) is 5. The summed E-state index contributed by atoms with van der Waals surface area (Å²) >= 11 is 2.92. The molecule has 5 nitrogen and oxygen atoms in total. The molecule has 0 aliphatic rings. The molecule has 0 spiro atoms. The van der Waals surface area contributed by atoms with Gasteiger partial charge in [-0.3, -0.25) is 4.79 Å². The molecule has 0 aromatic carbocycles. The van der Waals surface area contributed by atoms with Crippen LogP contribution in [0.25, 0.3) is 0 Å². The number of ether oxygens (including phenoxy) is 1. The normalized spacial score (nSPS) is 10.0. The fourth-order valence-corrected chi connectivity index (χ4v) is 0.853. The molecule has 0 radical (unpaired) electrons. The van der Waals surface area contributed by atoms with Crippen molar-refractivity contribution >= 4 is 21.9 Å². The van der Waals surface area contributed by atoms with E-state index >= 15 is 0 Å². The summed E-state index contributed by atoms with van der Waals surface area (Å²) < 4.78 is 13.8. The van der Waals surface area contributed by atoms with Crippen LogP contribution in [0.1, 0.15) is 11.5 Å². The highest BCUT2D eigenvalue weighted by atomic mass is 79.9. The summed E-state index contributed by atoms with van der Waals surface area (Å²) in [7, 11) is 0. The molecule has 0 saturated carbocycles. The Kier molecular flexibility index (Phi) is 3.30. The average Bonchev–Trinajstić information content (AvgIpc) is 2.41. The number of halogens is 1. The quantitative estimate of drug-likeness (QED) is 0.591. The van der Waals surface area contributed by atoms with Crippen LogP contribution in [-0.4, -0.2) is 11.3 Å². The lowest BCUT2D eigenvalue weighted by Crippen LogP contribution is -2.05. The molecule has 6 heteroatoms. The van der Waals surface area contributed by atoms with Crippen molar-refractivity contribution < 1.29 is 18.4 Å². The van der Waals surface area contributed by atoms with Crippen molar-refractivity contribution in [1.82, 2.24) is 0 Å². The van der Waals surface area contributed by atoms with Crippen molar-refractivity contribution in [2.75, 3.05) is 5.33 Å². The van der Waals surface area contributed by atoms with E-state index in [4.69, 9.17) is 4.74 Å². The van der Waals surface area contributed by atoms with Gasteiger partial charge in [0.1, 0.15) is 5.33 Å². The Morgan fingerprint density at radius 1 is 1.54 bits per heavy atom. The third-order valence-corrected chi connectivity index (χ3v) is 1.77. The van der Waals surface area contributed by atoms with E-state index in [1.54, 1.807) is 6.92 Å². The summed E-state index contributed by atoms with van der Waals surface area (Å²) in [6.07, 6.45) is 0. The van der Waals surface area contributed by atoms with Gasteiger partial charge in [-0.1, -0.05) is 15.9 Å². The molecule has 0 aliphatic heterocycles. The van der Waals surface area contributed by atoms with Crippen LogP contribution in [0.5, 0.6) is 0 Å². The minimum Gasteiger partial charge on any atom is -0.457 e. The van der Waals surface area contributed by atoms with Crippen molar-refractivity contribution in [1.29, 1.82) is 0 Å². The molecular formula is C7H7BrO5. The largest absolute Gasteiger partial charge is 0.519 e. The van der Waals surface area contributed by atoms with E-state index in [0.29, 0.717) is 5.76 Å². The van der Waals surface area contributed by atoms with Gasteiger partial charge in [0, 0.05) is 0 Å². The molecule has 0 amide bonds. The van der Waals surface area contributed by atoms with E-state index in [2.05, 4.69) is 24.8 Å². The van der Waals surface area contributed by atoms with Crippen LogP contribution >= 0.6 is 15.9 Å². The maximum absolute atomic E-state index is 10.7. The second-order valence-corrected chi connectivity index (χ2v) is 2.79. The van der Waals surface area contributed by atoms with Crippen LogP contribution in [0.3, 0.4) is 0 Å². The smallest absolute Gasteiger partial charge is 0.457 e. The molecule has 72 valence electrons. The highest BCUT2D eigenvalue weighted by Crippen LogP contribution is 2.06. The Hall–Kier alpha value is -1.04. The SMILES string of the molecule is Cc1oc(=O)oc1COC(=O)CBr. The lowest BCUT2D eigenvalue weighted by molar-refractivity contribution is -0.142. The third-order valence-electron chi connectivity index (χ3n) is 1.31. The van der Waals surface area contributed by atoms with Gasteiger partial charge < -0.3 is 13.6 Å². The van der Waals surface area contributed by atoms with Crippen molar-refractivity contribution in [3.63, 3.8) is 0 Å². The zero-order valence-electron chi connectivity index (χ0n) is 6.83. The predicted octanol–water partition coefficient (Wildman–Crippen LogP) is 0.979. The second-order valence-electron chi connectivity index (χ2n) is 2.23. The predicted molar refractivity (Wildman–Crippen MR) is 45.6 cm³/mol. The molecule has 1 rings (SSSR count). The fraction of sp³-hybridized carbons (Fsp3) is 0.429. The molecule has 0 aliphatic carbocycles. The molecule has 0 N–H and O–H groups in total. The van der Waals surface area contributed by atoms with E-state index in [1.165, 1.54) is 0 Å². The number of alkyl halides is 1. The van der Waals surface area contributed by atoms with Gasteiger partial charge in [0.05, 0.1) is 0 Å². The van der Waals surface area contributed by atoms with Gasteiger partial charge >= 0.3 is 11.8 Å². The molecular weight excluding hydrogens is 244 g/mol. The standard InChI is InChI=1S/C7H7BrO5/c1-4-5(13-7(10)12-4)3-11-6(9)2-8/h2-3H2,1H3. The first kappa shape index (κ1) is 10.0. The molecule has 0 fully saturated rings. The van der Waals surface area contributed by atoms with Crippen LogP contribution in [0.2, 0.25) is 0 Å². The van der Waals surface area contributed by atoms with Gasteiger partial charge in [0.15, 0.2) is 18.1 Å². The van der Waals surface area contributed by atoms with E-state index in [1.807, 2.05) is 0 Å². The molecule has 0 unspecified atom stereocenters. The Labute approximate surface area is 81.8 Å². The maximum atomic E-state index is 10.7. The van der Waals surface area contributed by atoms with E-state index in [-0.39, 0.29) is 17.7 Å². The molecule has 0 saturated heterocycles. The zero-order valence-corrected chi connectivity index (χ0v) is 8.42. The summed E-state index contributed by atoms with van der Waals surface area (Å²) in [6.45, 7) is 1.48. The van der Waals surface area contributed by atoms with Crippen molar-refractivity contribution in [2.45, 2.75) is 13.5 Å². The number of carbonyl (C=O) groups is 1. The van der Waals surface area contributed by atoms with Crippen LogP contribution in [-0.2, 0) is 16.1 Å². The lowest BCUT2D eigenvalue weighted by Gasteiger charge is -1.98. The minimum absolute atomic E-state index is 0.0813. The summed E-state index contributed by atoms with van der Waals surface area (Å²) in [4.78, 5) is 21.2. The van der Waals surface area contributed by atoms with Gasteiger partial charge in [-0.25, -0.2) is 4.79 Å². The van der Waals surface area contributed by atoms with Crippen LogP contribution in [0.4, 0.5) is 0 Å². The second kappa shape index (κ2) is 4.27. The lowest BCUT2D eigenvalue weighted by atomic mass is 10.4. The molecule has 1 heterocycles. The number of aryl methyl sites for hydroxylation is 1. The number of esters is 1. The van der Waals surface area contributed by atoms with Crippen molar-refractivity contribution in [3.8, 4) is 0 Å². The summed E-state index contributed by atoms with van der Waals surface area (Å²) in [6, 6.07) is 0. The maximum Gasteiger partial charge on any atom is 0.519 e. The topological polar surface area (TPSA) is 69.7 Å². The monoisotopic (exact) mass is 250 g/mol. The molecule has 13 heavy (non-hydrogen) atoms. The van der Waals surface area contributed by atoms with Crippen molar-refractivity contribution in [3.05, 3.63) is 22.1 Å². The first-order chi connectivity index (χ1) is 6.13. The highest BCUT2D eigenvalue weighted by Gasteiger charge is 2.10. The van der Waals surface area contributed by atoms with Crippen LogP contribution < -0.4 is 5.82 Å². The summed E-state index contributed by atoms with van der Waals surface area (Å²) in [5, 5.41) is 0.105. The van der Waals surface area contributed by atoms with Crippen LogP contribution in [0.15, 0.2) is 13.6 Å². The fourth-order valence-electron chi connectivity index (χ4n) is 0.691. The molecule has 0 bridgehead atoms. The molecule has 1 aromatic rings. The number of hydrogen-bond donors (Lipinski definition) is 0. The van der Waals surface area contributed by atoms with Gasteiger partial charge in [-0.05, 0) is 6.92 Å². The molecule has 0 atom stereocenters. The summed E-state index contributed by atoms with van der Waals surface area (Å²) in [5.41, 5.74) is 0. The minimum atomic E-state index is -0.789. The van der Waals surface area contributed by atoms with Crippen LogP contribution in [0, 0.1) is 6.92 Å².